The summed E-state index contributed by atoms with van der Waals surface area (Å²) < 4.78 is 13.5. The van der Waals surface area contributed by atoms with Gasteiger partial charge >= 0.3 is 0 Å². The Hall–Kier alpha value is -3.33. The lowest BCUT2D eigenvalue weighted by atomic mass is 9.97. The molecule has 5 rings (SSSR count). The fourth-order valence-electron chi connectivity index (χ4n) is 4.46. The van der Waals surface area contributed by atoms with Gasteiger partial charge in [-0.2, -0.15) is 0 Å². The first-order valence-electron chi connectivity index (χ1n) is 12.0. The molecule has 3 aromatic heterocycles. The molecule has 0 aliphatic carbocycles. The van der Waals surface area contributed by atoms with Crippen LogP contribution in [0.3, 0.4) is 0 Å². The second kappa shape index (κ2) is 10.5. The standard InChI is InChI=1S/C27H31N5O3/c1-18-24(12-19-8-11-34-16-19)30-27(20-4-3-5-23(13-20)35-17-22(33)14-28-2)31-26(18)21-6-7-25-29-9-10-32(25)15-21/h3-7,9-10,13,15,19,22,28,33H,8,11-12,14,16-17H2,1-2H3/t19-,22?/m1/s1. The summed E-state index contributed by atoms with van der Waals surface area (Å²) in [7, 11) is 1.80. The van der Waals surface area contributed by atoms with Crippen LogP contribution >= 0.6 is 0 Å². The highest BCUT2D eigenvalue weighted by Crippen LogP contribution is 2.30. The zero-order valence-corrected chi connectivity index (χ0v) is 20.1. The topological polar surface area (TPSA) is 93.8 Å². The molecule has 0 amide bonds. The summed E-state index contributed by atoms with van der Waals surface area (Å²) in [6, 6.07) is 11.8. The van der Waals surface area contributed by atoms with Crippen molar-refractivity contribution in [3.63, 3.8) is 0 Å². The van der Waals surface area contributed by atoms with Gasteiger partial charge in [0.15, 0.2) is 5.82 Å². The van der Waals surface area contributed by atoms with Crippen molar-refractivity contribution in [2.75, 3.05) is 33.4 Å². The van der Waals surface area contributed by atoms with Crippen LogP contribution in [0.15, 0.2) is 55.0 Å². The van der Waals surface area contributed by atoms with Crippen LogP contribution in [-0.4, -0.2) is 64.0 Å². The fraction of sp³-hybridized carbons (Fsp3) is 0.370. The van der Waals surface area contributed by atoms with Crippen LogP contribution in [0, 0.1) is 12.8 Å². The third-order valence-corrected chi connectivity index (χ3v) is 6.39. The Kier molecular flexibility index (Phi) is 7.03. The number of hydrogen-bond donors (Lipinski definition) is 2. The Balaban J connectivity index is 1.52. The van der Waals surface area contributed by atoms with E-state index in [1.54, 1.807) is 13.2 Å². The summed E-state index contributed by atoms with van der Waals surface area (Å²) in [5, 5.41) is 12.9. The van der Waals surface area contributed by atoms with Gasteiger partial charge in [-0.15, -0.1) is 0 Å². The lowest BCUT2D eigenvalue weighted by molar-refractivity contribution is 0.108. The number of aliphatic hydroxyl groups is 1. The molecule has 1 fully saturated rings. The SMILES string of the molecule is CNCC(O)COc1cccc(-c2nc(C[C@H]3CCOC3)c(C)c(-c3ccc4nccn4c3)n2)c1. The lowest BCUT2D eigenvalue weighted by Gasteiger charge is -2.16. The van der Waals surface area contributed by atoms with Crippen molar-refractivity contribution in [3.05, 3.63) is 66.2 Å². The van der Waals surface area contributed by atoms with Crippen LogP contribution in [0.4, 0.5) is 0 Å². The summed E-state index contributed by atoms with van der Waals surface area (Å²) in [6.45, 7) is 4.37. The maximum atomic E-state index is 9.99. The van der Waals surface area contributed by atoms with Gasteiger partial charge in [0.05, 0.1) is 5.69 Å². The van der Waals surface area contributed by atoms with Crippen LogP contribution < -0.4 is 10.1 Å². The predicted octanol–water partition coefficient (Wildman–Crippen LogP) is 3.30. The summed E-state index contributed by atoms with van der Waals surface area (Å²) >= 11 is 0. The Morgan fingerprint density at radius 2 is 2.14 bits per heavy atom. The third-order valence-electron chi connectivity index (χ3n) is 6.39. The number of rotatable bonds is 9. The van der Waals surface area contributed by atoms with Gasteiger partial charge in [0.2, 0.25) is 0 Å². The van der Waals surface area contributed by atoms with Crippen LogP contribution in [0.2, 0.25) is 0 Å². The van der Waals surface area contributed by atoms with E-state index in [2.05, 4.69) is 29.5 Å². The molecule has 1 aliphatic rings. The monoisotopic (exact) mass is 473 g/mol. The normalized spacial score (nSPS) is 16.6. The maximum absolute atomic E-state index is 9.99. The third kappa shape index (κ3) is 5.35. The van der Waals surface area contributed by atoms with Gasteiger partial charge in [0, 0.05) is 55.2 Å². The van der Waals surface area contributed by atoms with E-state index in [0.717, 1.165) is 59.8 Å². The number of imidazole rings is 1. The minimum Gasteiger partial charge on any atom is -0.491 e. The van der Waals surface area contributed by atoms with E-state index < -0.39 is 6.10 Å². The molecule has 8 heteroatoms. The summed E-state index contributed by atoms with van der Waals surface area (Å²) in [6.07, 6.45) is 7.12. The van der Waals surface area contributed by atoms with E-state index in [1.165, 1.54) is 0 Å². The minimum absolute atomic E-state index is 0.210. The molecule has 0 saturated carbocycles. The lowest BCUT2D eigenvalue weighted by Crippen LogP contribution is -2.29. The highest BCUT2D eigenvalue weighted by Gasteiger charge is 2.21. The second-order valence-corrected chi connectivity index (χ2v) is 9.06. The van der Waals surface area contributed by atoms with Crippen LogP contribution in [-0.2, 0) is 11.2 Å². The van der Waals surface area contributed by atoms with Gasteiger partial charge in [-0.1, -0.05) is 12.1 Å². The summed E-state index contributed by atoms with van der Waals surface area (Å²) in [5.41, 5.74) is 5.83. The molecule has 2 N–H and O–H groups in total. The average molecular weight is 474 g/mol. The Morgan fingerprint density at radius 1 is 1.23 bits per heavy atom. The number of nitrogens with zero attached hydrogens (tertiary/aromatic N) is 4. The van der Waals surface area contributed by atoms with Crippen molar-refractivity contribution >= 4 is 5.65 Å². The van der Waals surface area contributed by atoms with Gasteiger partial charge in [-0.05, 0) is 62.6 Å². The Bertz CT molecular complexity index is 1300. The predicted molar refractivity (Wildman–Crippen MR) is 134 cm³/mol. The van der Waals surface area contributed by atoms with E-state index in [9.17, 15) is 5.11 Å². The van der Waals surface area contributed by atoms with Gasteiger partial charge < -0.3 is 24.3 Å². The highest BCUT2D eigenvalue weighted by atomic mass is 16.5. The molecular formula is C27H31N5O3. The molecule has 1 unspecified atom stereocenters. The molecule has 182 valence electrons. The molecule has 1 aromatic carbocycles. The number of hydrogen-bond acceptors (Lipinski definition) is 7. The van der Waals surface area contributed by atoms with E-state index >= 15 is 0 Å². The molecule has 0 bridgehead atoms. The zero-order chi connectivity index (χ0) is 24.2. The zero-order valence-electron chi connectivity index (χ0n) is 20.1. The first kappa shape index (κ1) is 23.4. The maximum Gasteiger partial charge on any atom is 0.160 e. The number of likely N-dealkylation sites (N-methyl/N-ethyl adjacent to an activating group) is 1. The number of aliphatic hydroxyl groups excluding tert-OH is 1. The van der Waals surface area contributed by atoms with E-state index in [4.69, 9.17) is 19.4 Å². The molecule has 0 spiro atoms. The quantitative estimate of drug-likeness (QED) is 0.385. The molecule has 1 aliphatic heterocycles. The molecule has 8 nitrogen and oxygen atoms in total. The molecule has 4 heterocycles. The second-order valence-electron chi connectivity index (χ2n) is 9.06. The number of fused-ring (bicyclic) bond motifs is 1. The molecule has 2 atom stereocenters. The van der Waals surface area contributed by atoms with Gasteiger partial charge in [0.1, 0.15) is 24.1 Å². The molecule has 0 radical (unpaired) electrons. The fourth-order valence-corrected chi connectivity index (χ4v) is 4.46. The smallest absolute Gasteiger partial charge is 0.160 e. The summed E-state index contributed by atoms with van der Waals surface area (Å²) in [5.74, 6) is 1.80. The van der Waals surface area contributed by atoms with Crippen molar-refractivity contribution in [3.8, 4) is 28.4 Å². The first-order chi connectivity index (χ1) is 17.1. The number of pyridine rings is 1. The summed E-state index contributed by atoms with van der Waals surface area (Å²) in [4.78, 5) is 14.4. The van der Waals surface area contributed by atoms with E-state index in [0.29, 0.717) is 24.0 Å². The molecular weight excluding hydrogens is 442 g/mol. The van der Waals surface area contributed by atoms with Crippen molar-refractivity contribution in [2.24, 2.45) is 5.92 Å². The average Bonchev–Trinajstić information content (AvgIpc) is 3.56. The van der Waals surface area contributed by atoms with Crippen molar-refractivity contribution < 1.29 is 14.6 Å². The molecule has 4 aromatic rings. The number of nitrogens with one attached hydrogen (secondary N) is 1. The van der Waals surface area contributed by atoms with E-state index in [1.807, 2.05) is 40.9 Å². The van der Waals surface area contributed by atoms with Crippen LogP contribution in [0.25, 0.3) is 28.3 Å². The van der Waals surface area contributed by atoms with Crippen LogP contribution in [0.5, 0.6) is 5.75 Å². The molecule has 35 heavy (non-hydrogen) atoms. The molecule has 1 saturated heterocycles. The van der Waals surface area contributed by atoms with Crippen molar-refractivity contribution in [1.29, 1.82) is 0 Å². The Morgan fingerprint density at radius 3 is 2.97 bits per heavy atom. The van der Waals surface area contributed by atoms with Crippen molar-refractivity contribution in [1.82, 2.24) is 24.7 Å². The Labute approximate surface area is 205 Å². The number of aromatic nitrogens is 4. The van der Waals surface area contributed by atoms with E-state index in [-0.39, 0.29) is 6.61 Å². The van der Waals surface area contributed by atoms with Crippen molar-refractivity contribution in [2.45, 2.75) is 25.9 Å². The number of ether oxygens (including phenoxy) is 2. The largest absolute Gasteiger partial charge is 0.491 e. The van der Waals surface area contributed by atoms with Gasteiger partial charge in [-0.3, -0.25) is 0 Å². The first-order valence-corrected chi connectivity index (χ1v) is 12.0. The highest BCUT2D eigenvalue weighted by molar-refractivity contribution is 5.69. The van der Waals surface area contributed by atoms with Gasteiger partial charge in [0.25, 0.3) is 0 Å². The minimum atomic E-state index is -0.579. The van der Waals surface area contributed by atoms with Gasteiger partial charge in [-0.25, -0.2) is 15.0 Å². The number of benzene rings is 1. The van der Waals surface area contributed by atoms with Crippen LogP contribution in [0.1, 0.15) is 17.7 Å².